The molecule has 0 fully saturated rings. The van der Waals surface area contributed by atoms with Crippen LogP contribution in [-0.2, 0) is 6.42 Å². The molecule has 1 heterocycles. The van der Waals surface area contributed by atoms with Crippen LogP contribution in [0.5, 0.6) is 5.75 Å². The molecule has 3 heteroatoms. The Morgan fingerprint density at radius 1 is 1.50 bits per heavy atom. The molecule has 0 saturated heterocycles. The number of rotatable bonds is 2. The molecule has 1 unspecified atom stereocenters. The van der Waals surface area contributed by atoms with Crippen LogP contribution in [0, 0.1) is 5.92 Å². The van der Waals surface area contributed by atoms with Gasteiger partial charge in [-0.1, -0.05) is 19.9 Å². The van der Waals surface area contributed by atoms with Gasteiger partial charge in [0.2, 0.25) is 6.35 Å². The molecule has 1 aliphatic heterocycles. The molecule has 1 aromatic carbocycles. The average molecular weight is 192 g/mol. The van der Waals surface area contributed by atoms with Crippen molar-refractivity contribution in [2.45, 2.75) is 26.6 Å². The highest BCUT2D eigenvalue weighted by Crippen LogP contribution is 2.31. The third-order valence-corrected chi connectivity index (χ3v) is 2.24. The van der Waals surface area contributed by atoms with Crippen LogP contribution in [0.4, 0.5) is 5.69 Å². The lowest BCUT2D eigenvalue weighted by molar-refractivity contribution is 0.262. The minimum Gasteiger partial charge on any atom is -0.456 e. The van der Waals surface area contributed by atoms with Gasteiger partial charge in [-0.2, -0.15) is 0 Å². The second kappa shape index (κ2) is 3.50. The number of fused-ring (bicyclic) bond motifs is 1. The monoisotopic (exact) mass is 192 g/mol. The maximum atomic E-state index is 5.60. The summed E-state index contributed by atoms with van der Waals surface area (Å²) in [5, 5.41) is 3.03. The summed E-state index contributed by atoms with van der Waals surface area (Å²) in [6.07, 6.45) is 0.686. The lowest BCUT2D eigenvalue weighted by Crippen LogP contribution is -2.30. The second-order valence-electron chi connectivity index (χ2n) is 4.11. The van der Waals surface area contributed by atoms with E-state index in [9.17, 15) is 0 Å². The SMILES string of the molecule is CC(C)Cc1ccc2c(c1)OC(N)N2. The summed E-state index contributed by atoms with van der Waals surface area (Å²) in [7, 11) is 0. The van der Waals surface area contributed by atoms with Crippen LogP contribution in [-0.4, -0.2) is 6.35 Å². The van der Waals surface area contributed by atoms with E-state index in [0.717, 1.165) is 17.9 Å². The number of nitrogens with two attached hydrogens (primary N) is 1. The molecule has 76 valence electrons. The van der Waals surface area contributed by atoms with Crippen molar-refractivity contribution >= 4 is 5.69 Å². The minimum atomic E-state index is -0.390. The molecule has 3 N–H and O–H groups in total. The standard InChI is InChI=1S/C11H16N2O/c1-7(2)5-8-3-4-9-10(6-8)14-11(12)13-9/h3-4,6-7,11,13H,5,12H2,1-2H3. The van der Waals surface area contributed by atoms with Crippen molar-refractivity contribution in [2.24, 2.45) is 11.7 Å². The van der Waals surface area contributed by atoms with Crippen molar-refractivity contribution in [1.29, 1.82) is 0 Å². The Bertz CT molecular complexity index is 336. The van der Waals surface area contributed by atoms with E-state index in [1.54, 1.807) is 0 Å². The number of nitrogens with one attached hydrogen (secondary N) is 1. The first-order chi connectivity index (χ1) is 6.65. The van der Waals surface area contributed by atoms with Gasteiger partial charge in [0.05, 0.1) is 5.69 Å². The van der Waals surface area contributed by atoms with Crippen molar-refractivity contribution in [1.82, 2.24) is 0 Å². The highest BCUT2D eigenvalue weighted by molar-refractivity contribution is 5.60. The van der Waals surface area contributed by atoms with Crippen molar-refractivity contribution in [3.8, 4) is 5.75 Å². The van der Waals surface area contributed by atoms with Crippen LogP contribution < -0.4 is 15.8 Å². The molecular weight excluding hydrogens is 176 g/mol. The molecule has 0 amide bonds. The zero-order valence-corrected chi connectivity index (χ0v) is 8.58. The van der Waals surface area contributed by atoms with E-state index in [2.05, 4.69) is 31.3 Å². The molecule has 2 rings (SSSR count). The first-order valence-corrected chi connectivity index (χ1v) is 4.97. The predicted molar refractivity (Wildman–Crippen MR) is 57.2 cm³/mol. The van der Waals surface area contributed by atoms with Gasteiger partial charge in [-0.05, 0) is 30.0 Å². The van der Waals surface area contributed by atoms with Gasteiger partial charge in [-0.15, -0.1) is 0 Å². The average Bonchev–Trinajstić information content (AvgIpc) is 2.42. The Morgan fingerprint density at radius 2 is 2.29 bits per heavy atom. The fraction of sp³-hybridized carbons (Fsp3) is 0.455. The summed E-state index contributed by atoms with van der Waals surface area (Å²) in [6, 6.07) is 6.21. The van der Waals surface area contributed by atoms with Gasteiger partial charge >= 0.3 is 0 Å². The van der Waals surface area contributed by atoms with E-state index in [0.29, 0.717) is 5.92 Å². The van der Waals surface area contributed by atoms with Crippen molar-refractivity contribution < 1.29 is 4.74 Å². The summed E-state index contributed by atoms with van der Waals surface area (Å²) in [5.41, 5.74) is 7.89. The lowest BCUT2D eigenvalue weighted by Gasteiger charge is -2.06. The quantitative estimate of drug-likeness (QED) is 0.752. The van der Waals surface area contributed by atoms with Crippen LogP contribution >= 0.6 is 0 Å². The predicted octanol–water partition coefficient (Wildman–Crippen LogP) is 1.93. The number of hydrogen-bond donors (Lipinski definition) is 2. The van der Waals surface area contributed by atoms with Crippen LogP contribution in [0.2, 0.25) is 0 Å². The molecule has 0 aliphatic carbocycles. The number of anilines is 1. The molecule has 0 radical (unpaired) electrons. The Morgan fingerprint density at radius 3 is 3.00 bits per heavy atom. The summed E-state index contributed by atoms with van der Waals surface area (Å²) in [6.45, 7) is 4.41. The van der Waals surface area contributed by atoms with Gasteiger partial charge in [0.1, 0.15) is 5.75 Å². The van der Waals surface area contributed by atoms with Gasteiger partial charge in [0.15, 0.2) is 0 Å². The minimum absolute atomic E-state index is 0.390. The Hall–Kier alpha value is -1.22. The molecule has 1 aliphatic rings. The topological polar surface area (TPSA) is 47.3 Å². The largest absolute Gasteiger partial charge is 0.456 e. The third kappa shape index (κ3) is 1.82. The zero-order valence-electron chi connectivity index (χ0n) is 8.58. The van der Waals surface area contributed by atoms with E-state index >= 15 is 0 Å². The van der Waals surface area contributed by atoms with Crippen LogP contribution in [0.15, 0.2) is 18.2 Å². The van der Waals surface area contributed by atoms with E-state index in [-0.39, 0.29) is 6.35 Å². The van der Waals surface area contributed by atoms with Crippen LogP contribution in [0.1, 0.15) is 19.4 Å². The van der Waals surface area contributed by atoms with Gasteiger partial charge in [0.25, 0.3) is 0 Å². The van der Waals surface area contributed by atoms with Crippen molar-refractivity contribution in [3.63, 3.8) is 0 Å². The molecule has 14 heavy (non-hydrogen) atoms. The molecule has 0 saturated carbocycles. The fourth-order valence-electron chi connectivity index (χ4n) is 1.70. The van der Waals surface area contributed by atoms with Crippen molar-refractivity contribution in [2.75, 3.05) is 5.32 Å². The van der Waals surface area contributed by atoms with Gasteiger partial charge < -0.3 is 10.1 Å². The van der Waals surface area contributed by atoms with Crippen molar-refractivity contribution in [3.05, 3.63) is 23.8 Å². The molecular formula is C11H16N2O. The third-order valence-electron chi connectivity index (χ3n) is 2.24. The van der Waals surface area contributed by atoms with E-state index in [1.165, 1.54) is 5.56 Å². The summed E-state index contributed by atoms with van der Waals surface area (Å²) >= 11 is 0. The highest BCUT2D eigenvalue weighted by Gasteiger charge is 2.17. The lowest BCUT2D eigenvalue weighted by atomic mass is 10.0. The summed E-state index contributed by atoms with van der Waals surface area (Å²) < 4.78 is 5.40. The number of benzene rings is 1. The zero-order chi connectivity index (χ0) is 10.1. The summed E-state index contributed by atoms with van der Waals surface area (Å²) in [5.74, 6) is 1.53. The normalized spacial score (nSPS) is 19.0. The van der Waals surface area contributed by atoms with Gasteiger partial charge in [-0.25, -0.2) is 0 Å². The maximum absolute atomic E-state index is 5.60. The Kier molecular flexibility index (Phi) is 2.33. The van der Waals surface area contributed by atoms with Crippen LogP contribution in [0.3, 0.4) is 0 Å². The molecule has 0 bridgehead atoms. The van der Waals surface area contributed by atoms with E-state index in [1.807, 2.05) is 6.07 Å². The highest BCUT2D eigenvalue weighted by atomic mass is 16.5. The number of hydrogen-bond acceptors (Lipinski definition) is 3. The Balaban J connectivity index is 2.20. The molecule has 3 nitrogen and oxygen atoms in total. The van der Waals surface area contributed by atoms with Gasteiger partial charge in [0, 0.05) is 0 Å². The Labute approximate surface area is 84.3 Å². The fourth-order valence-corrected chi connectivity index (χ4v) is 1.70. The van der Waals surface area contributed by atoms with E-state index < -0.39 is 0 Å². The first-order valence-electron chi connectivity index (χ1n) is 4.97. The summed E-state index contributed by atoms with van der Waals surface area (Å²) in [4.78, 5) is 0. The molecule has 1 atom stereocenters. The van der Waals surface area contributed by atoms with Crippen LogP contribution in [0.25, 0.3) is 0 Å². The second-order valence-corrected chi connectivity index (χ2v) is 4.11. The molecule has 0 spiro atoms. The molecule has 1 aromatic rings. The maximum Gasteiger partial charge on any atom is 0.225 e. The van der Waals surface area contributed by atoms with E-state index in [4.69, 9.17) is 10.5 Å². The smallest absolute Gasteiger partial charge is 0.225 e. The first kappa shape index (κ1) is 9.34. The number of ether oxygens (including phenoxy) is 1. The van der Waals surface area contributed by atoms with Gasteiger partial charge in [-0.3, -0.25) is 5.73 Å². The molecule has 0 aromatic heterocycles.